The van der Waals surface area contributed by atoms with Gasteiger partial charge in [0.05, 0.1) is 0 Å². The number of oxime groups is 1. The maximum atomic E-state index is 13.7. The summed E-state index contributed by atoms with van der Waals surface area (Å²) in [6.07, 6.45) is -0.251. The van der Waals surface area contributed by atoms with Gasteiger partial charge in [0, 0.05) is 17.0 Å². The van der Waals surface area contributed by atoms with Crippen LogP contribution < -0.4 is 10.6 Å². The molecular formula is C28H24ClN5O6S2. The summed E-state index contributed by atoms with van der Waals surface area (Å²) in [5, 5.41) is 10.1. The number of nitrogens with zero attached hydrogens (tertiary/aromatic N) is 3. The number of hydrogen-bond acceptors (Lipinski definition) is 10. The summed E-state index contributed by atoms with van der Waals surface area (Å²) in [6.45, 7) is 0. The van der Waals surface area contributed by atoms with E-state index in [9.17, 15) is 19.2 Å². The van der Waals surface area contributed by atoms with Gasteiger partial charge in [0.2, 0.25) is 6.41 Å². The first-order chi connectivity index (χ1) is 20.5. The lowest BCUT2D eigenvalue weighted by Gasteiger charge is -2.49. The number of ether oxygens (including phenoxy) is 1. The van der Waals surface area contributed by atoms with Gasteiger partial charge in [-0.1, -0.05) is 65.8 Å². The minimum absolute atomic E-state index is 0.0257. The first kappa shape index (κ1) is 29.3. The fraction of sp³-hybridized carbons (Fsp3) is 0.214. The highest BCUT2D eigenvalue weighted by Gasteiger charge is 2.55. The number of rotatable bonds is 11. The van der Waals surface area contributed by atoms with Gasteiger partial charge in [-0.25, -0.2) is 9.78 Å². The molecule has 2 aromatic carbocycles. The maximum absolute atomic E-state index is 13.7. The van der Waals surface area contributed by atoms with Crippen LogP contribution in [-0.4, -0.2) is 69.9 Å². The van der Waals surface area contributed by atoms with Crippen LogP contribution in [0.2, 0.25) is 0 Å². The molecule has 2 atom stereocenters. The van der Waals surface area contributed by atoms with E-state index in [4.69, 9.17) is 21.2 Å². The molecule has 0 radical (unpaired) electrons. The van der Waals surface area contributed by atoms with Gasteiger partial charge in [-0.2, -0.15) is 0 Å². The Morgan fingerprint density at radius 1 is 1.17 bits per heavy atom. The van der Waals surface area contributed by atoms with Crippen LogP contribution in [0.1, 0.15) is 22.9 Å². The Kier molecular flexibility index (Phi) is 9.20. The van der Waals surface area contributed by atoms with E-state index >= 15 is 0 Å². The smallest absolute Gasteiger partial charge is 0.356 e. The number of aromatic nitrogens is 1. The monoisotopic (exact) mass is 625 g/mol. The van der Waals surface area contributed by atoms with Crippen molar-refractivity contribution in [2.24, 2.45) is 5.16 Å². The van der Waals surface area contributed by atoms with Crippen molar-refractivity contribution in [3.05, 3.63) is 94.1 Å². The predicted octanol–water partition coefficient (Wildman–Crippen LogP) is 3.29. The zero-order valence-electron chi connectivity index (χ0n) is 22.1. The molecule has 3 aromatic rings. The van der Waals surface area contributed by atoms with Crippen LogP contribution in [0.15, 0.2) is 82.5 Å². The van der Waals surface area contributed by atoms with Crippen LogP contribution in [0.4, 0.5) is 5.13 Å². The van der Waals surface area contributed by atoms with Gasteiger partial charge in [-0.3, -0.25) is 19.3 Å². The van der Waals surface area contributed by atoms with Gasteiger partial charge >= 0.3 is 5.97 Å². The quantitative estimate of drug-likeness (QED) is 0.0827. The van der Waals surface area contributed by atoms with E-state index in [0.717, 1.165) is 22.5 Å². The van der Waals surface area contributed by atoms with Crippen LogP contribution in [0.3, 0.4) is 0 Å². The largest absolute Gasteiger partial charge is 0.448 e. The number of hydrogen-bond donors (Lipinski definition) is 2. The number of carbonyl (C=O) groups excluding carboxylic acids is 4. The number of halogens is 1. The lowest BCUT2D eigenvalue weighted by molar-refractivity contribution is -0.154. The average molecular weight is 626 g/mol. The third-order valence-corrected chi connectivity index (χ3v) is 8.88. The van der Waals surface area contributed by atoms with Crippen molar-refractivity contribution < 1.29 is 28.8 Å². The van der Waals surface area contributed by atoms with Gasteiger partial charge in [0.15, 0.2) is 16.9 Å². The summed E-state index contributed by atoms with van der Waals surface area (Å²) < 4.78 is 6.04. The lowest BCUT2D eigenvalue weighted by Crippen LogP contribution is -2.71. The summed E-state index contributed by atoms with van der Waals surface area (Å²) >= 11 is 8.68. The molecule has 1 saturated heterocycles. The van der Waals surface area contributed by atoms with Gasteiger partial charge in [-0.15, -0.1) is 34.7 Å². The fourth-order valence-corrected chi connectivity index (χ4v) is 6.86. The number of esters is 1. The predicted molar refractivity (Wildman–Crippen MR) is 159 cm³/mol. The van der Waals surface area contributed by atoms with Crippen molar-refractivity contribution >= 4 is 69.7 Å². The van der Waals surface area contributed by atoms with Gasteiger partial charge < -0.3 is 20.2 Å². The van der Waals surface area contributed by atoms with Crippen LogP contribution in [0.5, 0.6) is 0 Å². The normalized spacial score (nSPS) is 18.2. The standard InChI is InChI=1S/C28H24ClN5O6S2/c1-39-33-20(19-14-42-28(31-19)30-15-35)24(36)32-21-25(37)34-22(18(12-29)13-41-26(21)34)27(38)40-23(16-8-4-2-5-9-16)17-10-6-3-7-11-17/h2-11,14-15,21,23,26H,12-13H2,1H3,(H,32,36)(H,30,31,35)/b33-20-/t21-,26-/m1/s1. The Morgan fingerprint density at radius 3 is 2.43 bits per heavy atom. The number of benzene rings is 2. The second kappa shape index (κ2) is 13.2. The van der Waals surface area contributed by atoms with Crippen molar-refractivity contribution in [3.63, 3.8) is 0 Å². The van der Waals surface area contributed by atoms with E-state index in [1.807, 2.05) is 60.7 Å². The second-order valence-corrected chi connectivity index (χ2v) is 11.2. The van der Waals surface area contributed by atoms with Gasteiger partial charge in [0.1, 0.15) is 29.9 Å². The summed E-state index contributed by atoms with van der Waals surface area (Å²) in [7, 11) is 1.27. The van der Waals surface area contributed by atoms with Gasteiger partial charge in [0.25, 0.3) is 11.8 Å². The highest BCUT2D eigenvalue weighted by atomic mass is 35.5. The number of fused-ring (bicyclic) bond motifs is 1. The Labute approximate surface area is 253 Å². The van der Waals surface area contributed by atoms with E-state index in [1.54, 1.807) is 0 Å². The van der Waals surface area contributed by atoms with Crippen LogP contribution in [-0.2, 0) is 28.8 Å². The van der Waals surface area contributed by atoms with Gasteiger partial charge in [-0.05, 0) is 16.7 Å². The van der Waals surface area contributed by atoms with E-state index in [-0.39, 0.29) is 28.1 Å². The summed E-state index contributed by atoms with van der Waals surface area (Å²) in [5.41, 5.74) is 2.15. The zero-order valence-corrected chi connectivity index (χ0v) is 24.4. The topological polar surface area (TPSA) is 139 Å². The molecule has 3 amide bonds. The molecule has 5 rings (SSSR count). The van der Waals surface area contributed by atoms with Crippen molar-refractivity contribution in [1.82, 2.24) is 15.2 Å². The highest BCUT2D eigenvalue weighted by molar-refractivity contribution is 8.00. The molecular weight excluding hydrogens is 602 g/mol. The molecule has 3 heterocycles. The second-order valence-electron chi connectivity index (χ2n) is 8.98. The van der Waals surface area contributed by atoms with E-state index < -0.39 is 35.3 Å². The summed E-state index contributed by atoms with van der Waals surface area (Å²) in [4.78, 5) is 61.3. The highest BCUT2D eigenvalue weighted by Crippen LogP contribution is 2.42. The molecule has 0 unspecified atom stereocenters. The van der Waals surface area contributed by atoms with Crippen molar-refractivity contribution in [2.75, 3.05) is 24.1 Å². The molecule has 2 aliphatic heterocycles. The number of nitrogens with one attached hydrogen (secondary N) is 2. The average Bonchev–Trinajstić information content (AvgIpc) is 3.49. The molecule has 0 saturated carbocycles. The van der Waals surface area contributed by atoms with E-state index in [0.29, 0.717) is 17.7 Å². The van der Waals surface area contributed by atoms with Crippen molar-refractivity contribution in [2.45, 2.75) is 17.5 Å². The Balaban J connectivity index is 1.36. The first-order valence-corrected chi connectivity index (χ1v) is 15.0. The SMILES string of the molecule is CO/N=C(\C(=O)N[C@@H]1C(=O)N2C(C(=O)OC(c3ccccc3)c3ccccc3)=C(CCl)CS[C@H]12)c1csc(NC=O)n1. The molecule has 0 spiro atoms. The Hall–Kier alpha value is -4.20. The number of anilines is 1. The van der Waals surface area contributed by atoms with Crippen molar-refractivity contribution in [1.29, 1.82) is 0 Å². The van der Waals surface area contributed by atoms with Crippen LogP contribution >= 0.6 is 34.7 Å². The van der Waals surface area contributed by atoms with E-state index in [1.165, 1.54) is 29.2 Å². The molecule has 11 nitrogen and oxygen atoms in total. The van der Waals surface area contributed by atoms with E-state index in [2.05, 4.69) is 20.8 Å². The molecule has 1 aromatic heterocycles. The first-order valence-electron chi connectivity index (χ1n) is 12.6. The van der Waals surface area contributed by atoms with Crippen LogP contribution in [0, 0.1) is 0 Å². The maximum Gasteiger partial charge on any atom is 0.356 e. The molecule has 0 bridgehead atoms. The minimum Gasteiger partial charge on any atom is -0.448 e. The third-order valence-electron chi connectivity index (χ3n) is 6.44. The zero-order chi connectivity index (χ0) is 29.6. The lowest BCUT2D eigenvalue weighted by atomic mass is 10.0. The molecule has 2 N–H and O–H groups in total. The Morgan fingerprint density at radius 2 is 1.83 bits per heavy atom. The Bertz CT molecular complexity index is 1510. The minimum atomic E-state index is -0.950. The summed E-state index contributed by atoms with van der Waals surface area (Å²) in [6, 6.07) is 17.7. The number of thioether (sulfide) groups is 1. The summed E-state index contributed by atoms with van der Waals surface area (Å²) in [5.74, 6) is -1.50. The fourth-order valence-electron chi connectivity index (χ4n) is 4.53. The number of alkyl halides is 1. The molecule has 1 fully saturated rings. The number of thiazole rings is 1. The van der Waals surface area contributed by atoms with Crippen molar-refractivity contribution in [3.8, 4) is 0 Å². The molecule has 216 valence electrons. The molecule has 42 heavy (non-hydrogen) atoms. The molecule has 0 aliphatic carbocycles. The number of carbonyl (C=O) groups is 4. The molecule has 14 heteroatoms. The molecule has 2 aliphatic rings. The van der Waals surface area contributed by atoms with Crippen LogP contribution in [0.25, 0.3) is 0 Å². The number of β-lactam (4-membered cyclic amide) rings is 1. The third kappa shape index (κ3) is 5.89. The number of amides is 3.